The molecule has 26 heavy (non-hydrogen) atoms. The van der Waals surface area contributed by atoms with Gasteiger partial charge in [0.05, 0.1) is 19.9 Å². The van der Waals surface area contributed by atoms with Gasteiger partial charge in [-0.2, -0.15) is 0 Å². The zero-order valence-corrected chi connectivity index (χ0v) is 16.5. The minimum atomic E-state index is 0.0634. The van der Waals surface area contributed by atoms with Crippen molar-refractivity contribution in [3.05, 3.63) is 34.3 Å². The van der Waals surface area contributed by atoms with Gasteiger partial charge in [-0.3, -0.25) is 4.79 Å². The molecule has 1 amide bonds. The smallest absolute Gasteiger partial charge is 0.265 e. The number of aryl methyl sites for hydroxylation is 1. The molecule has 140 valence electrons. The number of ether oxygens (including phenoxy) is 2. The first-order valence-corrected chi connectivity index (χ1v) is 9.61. The fourth-order valence-corrected chi connectivity index (χ4v) is 4.32. The van der Waals surface area contributed by atoms with Crippen molar-refractivity contribution < 1.29 is 14.3 Å². The van der Waals surface area contributed by atoms with E-state index in [1.54, 1.807) is 14.2 Å². The summed E-state index contributed by atoms with van der Waals surface area (Å²) < 4.78 is 10.9. The van der Waals surface area contributed by atoms with Crippen molar-refractivity contribution in [2.45, 2.75) is 26.2 Å². The Morgan fingerprint density at radius 2 is 2.19 bits per heavy atom. The zero-order chi connectivity index (χ0) is 18.7. The Morgan fingerprint density at radius 3 is 2.88 bits per heavy atom. The first-order chi connectivity index (χ1) is 12.6. The molecule has 1 aliphatic heterocycles. The van der Waals surface area contributed by atoms with Crippen LogP contribution in [0, 0.1) is 6.92 Å². The fraction of sp³-hybridized carbons (Fsp3) is 0.474. The van der Waals surface area contributed by atoms with Crippen LogP contribution in [0.5, 0.6) is 11.5 Å². The summed E-state index contributed by atoms with van der Waals surface area (Å²) in [5.74, 6) is 1.95. The summed E-state index contributed by atoms with van der Waals surface area (Å²) in [6.45, 7) is 6.12. The molecule has 0 saturated carbocycles. The number of benzene rings is 1. The number of methoxy groups -OCH3 is 2. The lowest BCUT2D eigenvalue weighted by atomic mass is 9.97. The van der Waals surface area contributed by atoms with Crippen LogP contribution in [0.1, 0.15) is 40.2 Å². The molecule has 1 aliphatic rings. The number of carbonyl (C=O) groups is 1. The van der Waals surface area contributed by atoms with Gasteiger partial charge < -0.3 is 19.7 Å². The van der Waals surface area contributed by atoms with Crippen molar-refractivity contribution in [1.82, 2.24) is 9.88 Å². The lowest BCUT2D eigenvalue weighted by Crippen LogP contribution is -2.28. The van der Waals surface area contributed by atoms with Gasteiger partial charge in [-0.25, -0.2) is 4.98 Å². The predicted molar refractivity (Wildman–Crippen MR) is 104 cm³/mol. The molecule has 3 rings (SSSR count). The summed E-state index contributed by atoms with van der Waals surface area (Å²) >= 11 is 1.43. The highest BCUT2D eigenvalue weighted by atomic mass is 32.1. The van der Waals surface area contributed by atoms with Crippen LogP contribution in [0.2, 0.25) is 0 Å². The van der Waals surface area contributed by atoms with Crippen LogP contribution in [0.3, 0.4) is 0 Å². The summed E-state index contributed by atoms with van der Waals surface area (Å²) in [5.41, 5.74) is 1.88. The van der Waals surface area contributed by atoms with Crippen LogP contribution < -0.4 is 14.8 Å². The highest BCUT2D eigenvalue weighted by Crippen LogP contribution is 2.37. The Bertz CT molecular complexity index is 790. The first kappa shape index (κ1) is 18.5. The second-order valence-electron chi connectivity index (χ2n) is 6.31. The number of anilines is 1. The lowest BCUT2D eigenvalue weighted by Gasteiger charge is -2.18. The molecule has 0 bridgehead atoms. The molecule has 1 atom stereocenters. The van der Waals surface area contributed by atoms with Crippen molar-refractivity contribution in [2.24, 2.45) is 0 Å². The molecule has 1 unspecified atom stereocenters. The summed E-state index contributed by atoms with van der Waals surface area (Å²) in [5, 5.41) is 3.99. The lowest BCUT2D eigenvalue weighted by molar-refractivity contribution is 0.0794. The van der Waals surface area contributed by atoms with Crippen molar-refractivity contribution in [3.8, 4) is 11.5 Å². The van der Waals surface area contributed by atoms with Gasteiger partial charge >= 0.3 is 0 Å². The van der Waals surface area contributed by atoms with Gasteiger partial charge in [0.1, 0.15) is 16.4 Å². The highest BCUT2D eigenvalue weighted by molar-refractivity contribution is 7.17. The number of amides is 1. The second kappa shape index (κ2) is 7.95. The molecular weight excluding hydrogens is 350 g/mol. The zero-order valence-electron chi connectivity index (χ0n) is 15.7. The fourth-order valence-electron chi connectivity index (χ4n) is 3.32. The van der Waals surface area contributed by atoms with Gasteiger partial charge in [0.25, 0.3) is 5.91 Å². The third-order valence-electron chi connectivity index (χ3n) is 4.67. The Hall–Kier alpha value is -2.28. The Morgan fingerprint density at radius 1 is 1.38 bits per heavy atom. The maximum atomic E-state index is 13.0. The van der Waals surface area contributed by atoms with Crippen LogP contribution in [0.4, 0.5) is 5.13 Å². The number of hydrogen-bond donors (Lipinski definition) is 1. The molecule has 1 saturated heterocycles. The Labute approximate surface area is 158 Å². The van der Waals surface area contributed by atoms with E-state index in [1.807, 2.05) is 36.9 Å². The van der Waals surface area contributed by atoms with Gasteiger partial charge in [0.15, 0.2) is 5.13 Å². The standard InChI is InChI=1S/C19H25N3O3S/c1-5-20-19-21-12(2)17(26-19)18(23)22-9-8-13(11-22)15-10-14(24-3)6-7-16(15)25-4/h6-7,10,13H,5,8-9,11H2,1-4H3,(H,20,21). The topological polar surface area (TPSA) is 63.7 Å². The van der Waals surface area contributed by atoms with Gasteiger partial charge in [-0.15, -0.1) is 0 Å². The van der Waals surface area contributed by atoms with E-state index in [9.17, 15) is 4.79 Å². The number of nitrogens with zero attached hydrogens (tertiary/aromatic N) is 2. The second-order valence-corrected chi connectivity index (χ2v) is 7.31. The maximum Gasteiger partial charge on any atom is 0.265 e. The summed E-state index contributed by atoms with van der Waals surface area (Å²) in [4.78, 5) is 20.0. The minimum absolute atomic E-state index is 0.0634. The minimum Gasteiger partial charge on any atom is -0.497 e. The molecule has 2 aromatic rings. The molecule has 7 heteroatoms. The van der Waals surface area contributed by atoms with Crippen LogP contribution in [0.25, 0.3) is 0 Å². The van der Waals surface area contributed by atoms with Crippen molar-refractivity contribution in [1.29, 1.82) is 0 Å². The number of rotatable bonds is 6. The van der Waals surface area contributed by atoms with E-state index in [2.05, 4.69) is 10.3 Å². The van der Waals surface area contributed by atoms with E-state index >= 15 is 0 Å². The van der Waals surface area contributed by atoms with Crippen LogP contribution in [-0.2, 0) is 0 Å². The van der Waals surface area contributed by atoms with Gasteiger partial charge in [0.2, 0.25) is 0 Å². The average Bonchev–Trinajstić information content (AvgIpc) is 3.28. The molecule has 1 aromatic carbocycles. The number of carbonyl (C=O) groups excluding carboxylic acids is 1. The van der Waals surface area contributed by atoms with Crippen molar-refractivity contribution >= 4 is 22.4 Å². The molecule has 1 N–H and O–H groups in total. The molecule has 1 aromatic heterocycles. The van der Waals surface area contributed by atoms with E-state index in [-0.39, 0.29) is 11.8 Å². The van der Waals surface area contributed by atoms with Gasteiger partial charge in [0, 0.05) is 31.1 Å². The first-order valence-electron chi connectivity index (χ1n) is 8.79. The SMILES string of the molecule is CCNc1nc(C)c(C(=O)N2CCC(c3cc(OC)ccc3OC)C2)s1. The largest absolute Gasteiger partial charge is 0.497 e. The molecule has 0 radical (unpaired) electrons. The van der Waals surface area contributed by atoms with Crippen molar-refractivity contribution in [2.75, 3.05) is 39.2 Å². The monoisotopic (exact) mass is 375 g/mol. The molecule has 1 fully saturated rings. The van der Waals surface area contributed by atoms with Gasteiger partial charge in [-0.05, 0) is 38.5 Å². The Kier molecular flexibility index (Phi) is 5.66. The molecule has 2 heterocycles. The molecular formula is C19H25N3O3S. The Balaban J connectivity index is 1.77. The third-order valence-corrected chi connectivity index (χ3v) is 5.77. The molecule has 0 spiro atoms. The number of nitrogens with one attached hydrogen (secondary N) is 1. The van der Waals surface area contributed by atoms with E-state index in [0.29, 0.717) is 6.54 Å². The van der Waals surface area contributed by atoms with Crippen LogP contribution in [-0.4, -0.2) is 49.6 Å². The van der Waals surface area contributed by atoms with E-state index in [1.165, 1.54) is 11.3 Å². The van der Waals surface area contributed by atoms with Gasteiger partial charge in [-0.1, -0.05) is 11.3 Å². The summed E-state index contributed by atoms with van der Waals surface area (Å²) in [6, 6.07) is 5.83. The van der Waals surface area contributed by atoms with Crippen LogP contribution >= 0.6 is 11.3 Å². The maximum absolute atomic E-state index is 13.0. The molecule has 0 aliphatic carbocycles. The number of likely N-dealkylation sites (tertiary alicyclic amines) is 1. The van der Waals surface area contributed by atoms with E-state index in [4.69, 9.17) is 9.47 Å². The average molecular weight is 375 g/mol. The van der Waals surface area contributed by atoms with E-state index < -0.39 is 0 Å². The normalized spacial score (nSPS) is 16.6. The van der Waals surface area contributed by atoms with Crippen molar-refractivity contribution in [3.63, 3.8) is 0 Å². The number of aromatic nitrogens is 1. The molecule has 6 nitrogen and oxygen atoms in total. The predicted octanol–water partition coefficient (Wildman–Crippen LogP) is 3.53. The van der Waals surface area contributed by atoms with Crippen LogP contribution in [0.15, 0.2) is 18.2 Å². The number of hydrogen-bond acceptors (Lipinski definition) is 6. The number of thiazole rings is 1. The summed E-state index contributed by atoms with van der Waals surface area (Å²) in [6.07, 6.45) is 0.910. The highest BCUT2D eigenvalue weighted by Gasteiger charge is 2.31. The quantitative estimate of drug-likeness (QED) is 0.837. The van der Waals surface area contributed by atoms with E-state index in [0.717, 1.165) is 52.3 Å². The third kappa shape index (κ3) is 3.62. The summed E-state index contributed by atoms with van der Waals surface area (Å²) in [7, 11) is 3.33.